The maximum atomic E-state index is 11.0. The Labute approximate surface area is 99.7 Å². The fourth-order valence-electron chi connectivity index (χ4n) is 1.45. The third-order valence-corrected chi connectivity index (χ3v) is 2.92. The van der Waals surface area contributed by atoms with Crippen LogP contribution in [0.15, 0.2) is 12.1 Å². The third-order valence-electron chi connectivity index (χ3n) is 2.62. The zero-order chi connectivity index (χ0) is 12.5. The Hall–Kier alpha value is -1.22. The lowest BCUT2D eigenvalue weighted by atomic mass is 9.84. The minimum Gasteiger partial charge on any atom is -0.506 e. The summed E-state index contributed by atoms with van der Waals surface area (Å²) in [5.74, 6) is -0.827. The summed E-state index contributed by atoms with van der Waals surface area (Å²) in [6, 6.07) is 3.17. The number of aromatic hydroxyl groups is 1. The van der Waals surface area contributed by atoms with Crippen molar-refractivity contribution in [1.82, 2.24) is 0 Å². The molecule has 4 heteroatoms. The fraction of sp³-hybridized carbons (Fsp3) is 0.417. The number of rotatable bonds is 3. The molecule has 0 aliphatic rings. The van der Waals surface area contributed by atoms with Crippen LogP contribution < -0.4 is 0 Å². The summed E-state index contributed by atoms with van der Waals surface area (Å²) < 4.78 is 0. The maximum absolute atomic E-state index is 11.0. The summed E-state index contributed by atoms with van der Waals surface area (Å²) in [7, 11) is 0. The van der Waals surface area contributed by atoms with Crippen molar-refractivity contribution in [2.45, 2.75) is 27.2 Å². The van der Waals surface area contributed by atoms with E-state index < -0.39 is 11.4 Å². The number of carboxylic acid groups (broad SMARTS) is 1. The van der Waals surface area contributed by atoms with Crippen LogP contribution in [-0.2, 0) is 11.2 Å². The normalized spacial score (nSPS) is 11.5. The van der Waals surface area contributed by atoms with E-state index in [-0.39, 0.29) is 10.8 Å². The molecule has 0 saturated heterocycles. The van der Waals surface area contributed by atoms with Crippen molar-refractivity contribution in [2.75, 3.05) is 0 Å². The second kappa shape index (κ2) is 4.34. The van der Waals surface area contributed by atoms with Gasteiger partial charge in [-0.2, -0.15) is 0 Å². The number of phenols is 1. The number of aliphatic carboxylic acids is 1. The van der Waals surface area contributed by atoms with Gasteiger partial charge in [0.15, 0.2) is 0 Å². The SMILES string of the molecule is Cc1cc(O)c(Cl)cc1CC(C)(C)C(=O)O. The molecule has 1 rings (SSSR count). The van der Waals surface area contributed by atoms with Crippen LogP contribution in [0.5, 0.6) is 5.75 Å². The molecule has 0 fully saturated rings. The zero-order valence-electron chi connectivity index (χ0n) is 9.54. The van der Waals surface area contributed by atoms with E-state index in [4.69, 9.17) is 16.7 Å². The van der Waals surface area contributed by atoms with Gasteiger partial charge in [0.1, 0.15) is 5.75 Å². The Morgan fingerprint density at radius 1 is 1.44 bits per heavy atom. The lowest BCUT2D eigenvalue weighted by Gasteiger charge is -2.20. The van der Waals surface area contributed by atoms with Crippen molar-refractivity contribution < 1.29 is 15.0 Å². The predicted molar refractivity (Wildman–Crippen MR) is 63.0 cm³/mol. The van der Waals surface area contributed by atoms with Crippen LogP contribution in [0.3, 0.4) is 0 Å². The predicted octanol–water partition coefficient (Wildman–Crippen LogP) is 3.01. The van der Waals surface area contributed by atoms with E-state index in [1.807, 2.05) is 6.92 Å². The first kappa shape index (κ1) is 12.8. The molecular formula is C12H15ClO3. The highest BCUT2D eigenvalue weighted by atomic mass is 35.5. The summed E-state index contributed by atoms with van der Waals surface area (Å²) in [6.45, 7) is 5.15. The molecule has 1 aromatic carbocycles. The van der Waals surface area contributed by atoms with Crippen molar-refractivity contribution in [3.8, 4) is 5.75 Å². The largest absolute Gasteiger partial charge is 0.506 e. The lowest BCUT2D eigenvalue weighted by molar-refractivity contribution is -0.146. The Balaban J connectivity index is 3.07. The molecule has 0 spiro atoms. The van der Waals surface area contributed by atoms with Gasteiger partial charge in [-0.05, 0) is 50.5 Å². The van der Waals surface area contributed by atoms with Gasteiger partial charge in [-0.25, -0.2) is 0 Å². The van der Waals surface area contributed by atoms with Crippen molar-refractivity contribution >= 4 is 17.6 Å². The second-order valence-electron chi connectivity index (χ2n) is 4.60. The standard InChI is InChI=1S/C12H15ClO3/c1-7-4-10(14)9(13)5-8(7)6-12(2,3)11(15)16/h4-5,14H,6H2,1-3H3,(H,15,16). The molecule has 16 heavy (non-hydrogen) atoms. The minimum atomic E-state index is -0.851. The molecular weight excluding hydrogens is 228 g/mol. The molecule has 0 bridgehead atoms. The van der Waals surface area contributed by atoms with Gasteiger partial charge in [0.2, 0.25) is 0 Å². The Morgan fingerprint density at radius 3 is 2.50 bits per heavy atom. The second-order valence-corrected chi connectivity index (χ2v) is 5.00. The summed E-state index contributed by atoms with van der Waals surface area (Å²) >= 11 is 5.80. The summed E-state index contributed by atoms with van der Waals surface area (Å²) in [4.78, 5) is 11.0. The van der Waals surface area contributed by atoms with Crippen LogP contribution >= 0.6 is 11.6 Å². The molecule has 0 radical (unpaired) electrons. The van der Waals surface area contributed by atoms with Crippen LogP contribution in [0.25, 0.3) is 0 Å². The molecule has 3 nitrogen and oxygen atoms in total. The maximum Gasteiger partial charge on any atom is 0.309 e. The number of phenolic OH excluding ortho intramolecular Hbond substituents is 1. The average Bonchev–Trinajstić information content (AvgIpc) is 2.13. The number of carboxylic acids is 1. The number of benzene rings is 1. The van der Waals surface area contributed by atoms with Crippen LogP contribution in [0.2, 0.25) is 5.02 Å². The Morgan fingerprint density at radius 2 is 2.00 bits per heavy atom. The van der Waals surface area contributed by atoms with Gasteiger partial charge in [0.25, 0.3) is 0 Å². The monoisotopic (exact) mass is 242 g/mol. The van der Waals surface area contributed by atoms with Gasteiger partial charge in [0.05, 0.1) is 10.4 Å². The molecule has 0 unspecified atom stereocenters. The third kappa shape index (κ3) is 2.67. The van der Waals surface area contributed by atoms with Crippen LogP contribution in [0, 0.1) is 12.3 Å². The molecule has 0 aromatic heterocycles. The van der Waals surface area contributed by atoms with E-state index in [2.05, 4.69) is 0 Å². The quantitative estimate of drug-likeness (QED) is 0.857. The molecule has 0 aliphatic heterocycles. The van der Waals surface area contributed by atoms with Crippen molar-refractivity contribution in [3.63, 3.8) is 0 Å². The Bertz CT molecular complexity index is 425. The van der Waals surface area contributed by atoms with E-state index in [9.17, 15) is 9.90 Å². The van der Waals surface area contributed by atoms with E-state index in [1.54, 1.807) is 26.0 Å². The van der Waals surface area contributed by atoms with Gasteiger partial charge < -0.3 is 10.2 Å². The van der Waals surface area contributed by atoms with Crippen molar-refractivity contribution in [1.29, 1.82) is 0 Å². The van der Waals surface area contributed by atoms with E-state index in [0.717, 1.165) is 11.1 Å². The molecule has 88 valence electrons. The van der Waals surface area contributed by atoms with Crippen molar-refractivity contribution in [3.05, 3.63) is 28.3 Å². The van der Waals surface area contributed by atoms with Crippen LogP contribution in [0.4, 0.5) is 0 Å². The van der Waals surface area contributed by atoms with Crippen LogP contribution in [-0.4, -0.2) is 16.2 Å². The van der Waals surface area contributed by atoms with Gasteiger partial charge in [-0.3, -0.25) is 4.79 Å². The van der Waals surface area contributed by atoms with Gasteiger partial charge >= 0.3 is 5.97 Å². The van der Waals surface area contributed by atoms with Gasteiger partial charge in [-0.15, -0.1) is 0 Å². The number of hydrogen-bond donors (Lipinski definition) is 2. The fourth-order valence-corrected chi connectivity index (χ4v) is 1.64. The average molecular weight is 243 g/mol. The van der Waals surface area contributed by atoms with Crippen molar-refractivity contribution in [2.24, 2.45) is 5.41 Å². The number of aryl methyl sites for hydroxylation is 1. The van der Waals surface area contributed by atoms with Crippen LogP contribution in [0.1, 0.15) is 25.0 Å². The van der Waals surface area contributed by atoms with E-state index in [1.165, 1.54) is 0 Å². The smallest absolute Gasteiger partial charge is 0.309 e. The summed E-state index contributed by atoms with van der Waals surface area (Å²) in [5.41, 5.74) is 0.844. The minimum absolute atomic E-state index is 0.0241. The number of hydrogen-bond acceptors (Lipinski definition) is 2. The Kier molecular flexibility index (Phi) is 3.48. The molecule has 0 atom stereocenters. The first-order chi connectivity index (χ1) is 7.24. The lowest BCUT2D eigenvalue weighted by Crippen LogP contribution is -2.26. The summed E-state index contributed by atoms with van der Waals surface area (Å²) in [5, 5.41) is 18.7. The molecule has 0 amide bonds. The number of carbonyl (C=O) groups is 1. The van der Waals surface area contributed by atoms with Gasteiger partial charge in [-0.1, -0.05) is 11.6 Å². The molecule has 0 saturated carbocycles. The highest BCUT2D eigenvalue weighted by Crippen LogP contribution is 2.31. The zero-order valence-corrected chi connectivity index (χ0v) is 10.3. The highest BCUT2D eigenvalue weighted by Gasteiger charge is 2.28. The van der Waals surface area contributed by atoms with Gasteiger partial charge in [0, 0.05) is 0 Å². The molecule has 1 aromatic rings. The molecule has 0 aliphatic carbocycles. The molecule has 2 N–H and O–H groups in total. The van der Waals surface area contributed by atoms with E-state index in [0.29, 0.717) is 6.42 Å². The molecule has 0 heterocycles. The first-order valence-corrected chi connectivity index (χ1v) is 5.33. The summed E-state index contributed by atoms with van der Waals surface area (Å²) in [6.07, 6.45) is 0.383. The number of halogens is 1. The highest BCUT2D eigenvalue weighted by molar-refractivity contribution is 6.32. The van der Waals surface area contributed by atoms with E-state index >= 15 is 0 Å². The first-order valence-electron chi connectivity index (χ1n) is 4.95. The topological polar surface area (TPSA) is 57.5 Å².